The summed E-state index contributed by atoms with van der Waals surface area (Å²) in [5.41, 5.74) is -2.54. The quantitative estimate of drug-likeness (QED) is 0.451. The molecule has 3 aromatic heterocycles. The van der Waals surface area contributed by atoms with Crippen molar-refractivity contribution in [1.82, 2.24) is 34.9 Å². The third-order valence-electron chi connectivity index (χ3n) is 8.30. The third-order valence-corrected chi connectivity index (χ3v) is 8.30. The van der Waals surface area contributed by atoms with Gasteiger partial charge in [0.1, 0.15) is 17.0 Å². The Hall–Kier alpha value is -4.25. The van der Waals surface area contributed by atoms with Crippen molar-refractivity contribution in [3.63, 3.8) is 0 Å². The number of nitriles is 1. The topological polar surface area (TPSA) is 118 Å². The van der Waals surface area contributed by atoms with Gasteiger partial charge in [0.25, 0.3) is 0 Å². The summed E-state index contributed by atoms with van der Waals surface area (Å²) in [4.78, 5) is 26.5. The average molecular weight is 570 g/mol. The van der Waals surface area contributed by atoms with Crippen molar-refractivity contribution in [2.45, 2.75) is 49.0 Å². The van der Waals surface area contributed by atoms with Gasteiger partial charge in [-0.2, -0.15) is 23.5 Å². The number of nitrogens with one attached hydrogen (secondary N) is 2. The molecule has 2 unspecified atom stereocenters. The van der Waals surface area contributed by atoms with Gasteiger partial charge in [0.15, 0.2) is 5.54 Å². The van der Waals surface area contributed by atoms with Crippen LogP contribution in [0.5, 0.6) is 0 Å². The van der Waals surface area contributed by atoms with Crippen LogP contribution in [0.3, 0.4) is 0 Å². The lowest BCUT2D eigenvalue weighted by atomic mass is 9.77. The number of pyridine rings is 1. The molecule has 2 fully saturated rings. The number of aromatic amines is 1. The van der Waals surface area contributed by atoms with E-state index >= 15 is 0 Å². The molecule has 3 aliphatic heterocycles. The van der Waals surface area contributed by atoms with Crippen LogP contribution in [0.2, 0.25) is 0 Å². The number of H-pyrrole nitrogens is 1. The van der Waals surface area contributed by atoms with Crippen molar-refractivity contribution in [3.8, 4) is 17.2 Å². The van der Waals surface area contributed by atoms with Gasteiger partial charge in [0.2, 0.25) is 0 Å². The lowest BCUT2D eigenvalue weighted by molar-refractivity contribution is -0.243. The van der Waals surface area contributed by atoms with E-state index in [0.29, 0.717) is 29.7 Å². The number of likely N-dealkylation sites (tertiary alicyclic amines) is 2. The molecule has 41 heavy (non-hydrogen) atoms. The van der Waals surface area contributed by atoms with Crippen LogP contribution in [0.1, 0.15) is 25.7 Å². The smallest absolute Gasteiger partial charge is 0.346 e. The van der Waals surface area contributed by atoms with Crippen LogP contribution >= 0.6 is 0 Å². The monoisotopic (exact) mass is 569 g/mol. The van der Waals surface area contributed by atoms with E-state index in [2.05, 4.69) is 31.4 Å². The second-order valence-electron chi connectivity index (χ2n) is 10.7. The number of aliphatic imine (C=N–C) groups is 1. The molecule has 10 nitrogen and oxygen atoms in total. The molecule has 2 N–H and O–H groups in total. The molecule has 2 saturated heterocycles. The summed E-state index contributed by atoms with van der Waals surface area (Å²) in [5, 5.41) is 17.1. The number of alkyl halides is 3. The second-order valence-corrected chi connectivity index (χ2v) is 10.7. The van der Waals surface area contributed by atoms with Gasteiger partial charge in [-0.1, -0.05) is 0 Å². The van der Waals surface area contributed by atoms with Crippen molar-refractivity contribution in [2.75, 3.05) is 26.2 Å². The molecule has 0 bridgehead atoms. The van der Waals surface area contributed by atoms with E-state index in [1.807, 2.05) is 0 Å². The SMILES string of the molecule is N#CCC1(n2cc(-c3c(F)cnc4[nH]ccc34)cn2)CN(C2(C(F)(F)F)C=CN=CC2NC(=O)N2CCCCC2)C1. The predicted octanol–water partition coefficient (Wildman–Crippen LogP) is 3.95. The summed E-state index contributed by atoms with van der Waals surface area (Å²) in [5.74, 6) is -0.573. The molecule has 3 aliphatic rings. The number of hydrogen-bond donors (Lipinski definition) is 2. The minimum atomic E-state index is -4.79. The maximum absolute atomic E-state index is 15.0. The van der Waals surface area contributed by atoms with Gasteiger partial charge in [-0.25, -0.2) is 14.2 Å². The zero-order valence-corrected chi connectivity index (χ0v) is 21.9. The van der Waals surface area contributed by atoms with Gasteiger partial charge in [-0.15, -0.1) is 0 Å². The van der Waals surface area contributed by atoms with Crippen LogP contribution in [-0.4, -0.2) is 85.7 Å². The number of piperidine rings is 1. The molecular weight excluding hydrogens is 542 g/mol. The Morgan fingerprint density at radius 3 is 2.73 bits per heavy atom. The van der Waals surface area contributed by atoms with E-state index in [4.69, 9.17) is 0 Å². The fourth-order valence-electron chi connectivity index (χ4n) is 6.13. The minimum absolute atomic E-state index is 0.125. The number of carbonyl (C=O) groups excluding carboxylic acids is 1. The summed E-state index contributed by atoms with van der Waals surface area (Å²) in [6.45, 7) is 0.588. The molecule has 2 atom stereocenters. The van der Waals surface area contributed by atoms with E-state index in [1.165, 1.54) is 20.7 Å². The standard InChI is InChI=1S/C27H27F4N9O/c28-20-13-35-23-19(4-8-34-23)22(20)18-12-36-40(15-18)25(5-7-32)16-39(17-25)26(27(29,30)31)6-9-33-14-21(26)37-24(41)38-10-2-1-3-11-38/h4,6,8-9,12-15,21H,1-3,5,10-11,16-17H2,(H,34,35)(H,37,41). The molecular formula is C27H27F4N9O. The molecule has 6 heterocycles. The first-order valence-corrected chi connectivity index (χ1v) is 13.3. The van der Waals surface area contributed by atoms with E-state index in [-0.39, 0.29) is 25.1 Å². The van der Waals surface area contributed by atoms with Crippen LogP contribution < -0.4 is 5.32 Å². The Morgan fingerprint density at radius 1 is 1.22 bits per heavy atom. The third kappa shape index (κ3) is 4.35. The Kier molecular flexibility index (Phi) is 6.56. The molecule has 3 aromatic rings. The molecule has 0 saturated carbocycles. The van der Waals surface area contributed by atoms with Crippen LogP contribution in [0.4, 0.5) is 22.4 Å². The van der Waals surface area contributed by atoms with E-state index in [9.17, 15) is 27.6 Å². The first kappa shape index (κ1) is 26.9. The van der Waals surface area contributed by atoms with E-state index in [1.54, 1.807) is 18.5 Å². The number of halogens is 4. The largest absolute Gasteiger partial charge is 0.412 e. The number of rotatable bonds is 5. The number of aromatic nitrogens is 4. The van der Waals surface area contributed by atoms with Crippen molar-refractivity contribution in [2.24, 2.45) is 4.99 Å². The van der Waals surface area contributed by atoms with Gasteiger partial charge < -0.3 is 15.2 Å². The number of fused-ring (bicyclic) bond motifs is 1. The number of nitrogens with zero attached hydrogens (tertiary/aromatic N) is 7. The highest BCUT2D eigenvalue weighted by Crippen LogP contribution is 2.47. The summed E-state index contributed by atoms with van der Waals surface area (Å²) in [6, 6.07) is 1.70. The van der Waals surface area contributed by atoms with E-state index in [0.717, 1.165) is 43.9 Å². The zero-order valence-electron chi connectivity index (χ0n) is 21.9. The van der Waals surface area contributed by atoms with Crippen molar-refractivity contribution in [1.29, 1.82) is 5.26 Å². The Balaban J connectivity index is 1.30. The minimum Gasteiger partial charge on any atom is -0.346 e. The lowest BCUT2D eigenvalue weighted by Crippen LogP contribution is -2.78. The highest BCUT2D eigenvalue weighted by Gasteiger charge is 2.67. The van der Waals surface area contributed by atoms with Gasteiger partial charge in [-0.05, 0) is 31.4 Å². The highest BCUT2D eigenvalue weighted by atomic mass is 19.4. The fourth-order valence-corrected chi connectivity index (χ4v) is 6.13. The summed E-state index contributed by atoms with van der Waals surface area (Å²) in [6.07, 6.45) is 6.51. The molecule has 2 amide bonds. The molecule has 0 aliphatic carbocycles. The summed E-state index contributed by atoms with van der Waals surface area (Å²) in [7, 11) is 0. The predicted molar refractivity (Wildman–Crippen MR) is 141 cm³/mol. The first-order valence-electron chi connectivity index (χ1n) is 13.3. The first-order chi connectivity index (χ1) is 19.7. The van der Waals surface area contributed by atoms with Crippen LogP contribution in [0.15, 0.2) is 48.1 Å². The average Bonchev–Trinajstić information content (AvgIpc) is 3.61. The Labute approximate surface area is 232 Å². The molecule has 0 radical (unpaired) electrons. The van der Waals surface area contributed by atoms with Crippen molar-refractivity contribution >= 4 is 23.3 Å². The van der Waals surface area contributed by atoms with Crippen molar-refractivity contribution in [3.05, 3.63) is 48.9 Å². The summed E-state index contributed by atoms with van der Waals surface area (Å²) >= 11 is 0. The lowest BCUT2D eigenvalue weighted by Gasteiger charge is -2.58. The molecule has 0 spiro atoms. The van der Waals surface area contributed by atoms with Crippen molar-refractivity contribution < 1.29 is 22.4 Å². The van der Waals surface area contributed by atoms with Gasteiger partial charge >= 0.3 is 12.2 Å². The number of amides is 2. The second kappa shape index (κ2) is 9.99. The molecule has 214 valence electrons. The molecule has 6 rings (SSSR count). The molecule has 0 aromatic carbocycles. The fraction of sp³-hybridized carbons (Fsp3) is 0.444. The maximum Gasteiger partial charge on any atom is 0.412 e. The zero-order chi connectivity index (χ0) is 28.8. The van der Waals surface area contributed by atoms with Gasteiger partial charge in [0, 0.05) is 67.5 Å². The van der Waals surface area contributed by atoms with Crippen LogP contribution in [0.25, 0.3) is 22.2 Å². The number of urea groups is 1. The van der Waals surface area contributed by atoms with E-state index < -0.39 is 35.1 Å². The highest BCUT2D eigenvalue weighted by molar-refractivity contribution is 5.92. The normalized spacial score (nSPS) is 24.3. The Morgan fingerprint density at radius 2 is 2.00 bits per heavy atom. The number of carbonyl (C=O) groups is 1. The van der Waals surface area contributed by atoms with Crippen LogP contribution in [0, 0.1) is 17.1 Å². The maximum atomic E-state index is 15.0. The van der Waals surface area contributed by atoms with Gasteiger partial charge in [0.05, 0.1) is 30.9 Å². The van der Waals surface area contributed by atoms with Crippen LogP contribution in [-0.2, 0) is 5.54 Å². The molecule has 14 heteroatoms. The number of hydrogen-bond acceptors (Lipinski definition) is 6. The van der Waals surface area contributed by atoms with Gasteiger partial charge in [-0.3, -0.25) is 14.6 Å². The summed E-state index contributed by atoms with van der Waals surface area (Å²) < 4.78 is 61.2. The Bertz CT molecular complexity index is 1560.